The van der Waals surface area contributed by atoms with E-state index in [0.29, 0.717) is 33.8 Å². The summed E-state index contributed by atoms with van der Waals surface area (Å²) in [5.74, 6) is 1.67. The van der Waals surface area contributed by atoms with Gasteiger partial charge in [0.15, 0.2) is 5.82 Å². The van der Waals surface area contributed by atoms with Crippen molar-refractivity contribution in [3.05, 3.63) is 88.7 Å². The second kappa shape index (κ2) is 7.98. The summed E-state index contributed by atoms with van der Waals surface area (Å²) in [7, 11) is 3.18. The van der Waals surface area contributed by atoms with Crippen molar-refractivity contribution in [1.29, 1.82) is 0 Å². The molecule has 0 radical (unpaired) electrons. The van der Waals surface area contributed by atoms with E-state index in [0.717, 1.165) is 5.56 Å². The molecule has 0 amide bonds. The van der Waals surface area contributed by atoms with Crippen LogP contribution in [0.4, 0.5) is 0 Å². The van der Waals surface area contributed by atoms with Gasteiger partial charge in [-0.15, -0.1) is 0 Å². The maximum Gasteiger partial charge on any atom is 0.282 e. The molecule has 4 aromatic rings. The first kappa shape index (κ1) is 18.4. The van der Waals surface area contributed by atoms with Gasteiger partial charge in [0, 0.05) is 5.56 Å². The summed E-state index contributed by atoms with van der Waals surface area (Å²) in [6.45, 7) is 0. The Balaban J connectivity index is 1.98. The van der Waals surface area contributed by atoms with Crippen LogP contribution in [0.15, 0.2) is 82.7 Å². The first-order valence-electron chi connectivity index (χ1n) is 9.05. The van der Waals surface area contributed by atoms with Gasteiger partial charge in [-0.2, -0.15) is 9.78 Å². The van der Waals surface area contributed by atoms with E-state index in [9.17, 15) is 4.79 Å². The fourth-order valence-corrected chi connectivity index (χ4v) is 3.13. The second-order valence-corrected chi connectivity index (χ2v) is 6.26. The number of benzene rings is 3. The fraction of sp³-hybridized carbons (Fsp3) is 0.0870. The minimum Gasteiger partial charge on any atom is -0.496 e. The number of aromatic nitrogens is 2. The van der Waals surface area contributed by atoms with Crippen LogP contribution in [0.3, 0.4) is 0 Å². The average molecular weight is 385 g/mol. The topological polar surface area (TPSA) is 65.7 Å². The normalized spacial score (nSPS) is 11.1. The molecular weight excluding hydrogens is 366 g/mol. The van der Waals surface area contributed by atoms with Gasteiger partial charge in [0.2, 0.25) is 0 Å². The highest BCUT2D eigenvalue weighted by Crippen LogP contribution is 2.28. The van der Waals surface area contributed by atoms with Gasteiger partial charge in [0.25, 0.3) is 5.56 Å². The third-order valence-corrected chi connectivity index (χ3v) is 4.55. The Kier molecular flexibility index (Phi) is 5.07. The van der Waals surface area contributed by atoms with Crippen LogP contribution in [0.25, 0.3) is 22.3 Å². The van der Waals surface area contributed by atoms with Crippen molar-refractivity contribution in [2.75, 3.05) is 14.2 Å². The molecule has 1 heterocycles. The van der Waals surface area contributed by atoms with Crippen molar-refractivity contribution in [1.82, 2.24) is 9.66 Å². The second-order valence-electron chi connectivity index (χ2n) is 6.26. The smallest absolute Gasteiger partial charge is 0.282 e. The number of ether oxygens (including phenoxy) is 2. The van der Waals surface area contributed by atoms with E-state index in [4.69, 9.17) is 14.5 Å². The lowest BCUT2D eigenvalue weighted by atomic mass is 10.1. The third kappa shape index (κ3) is 3.48. The molecule has 0 bridgehead atoms. The first-order valence-corrected chi connectivity index (χ1v) is 9.05. The van der Waals surface area contributed by atoms with Crippen LogP contribution in [-0.2, 0) is 0 Å². The number of fused-ring (bicyclic) bond motifs is 1. The molecule has 6 nitrogen and oxygen atoms in total. The van der Waals surface area contributed by atoms with Crippen molar-refractivity contribution in [3.63, 3.8) is 0 Å². The zero-order valence-electron chi connectivity index (χ0n) is 16.1. The summed E-state index contributed by atoms with van der Waals surface area (Å²) in [6.07, 6.45) is 1.59. The lowest BCUT2D eigenvalue weighted by Gasteiger charge is -2.12. The predicted octanol–water partition coefficient (Wildman–Crippen LogP) is 3.96. The summed E-state index contributed by atoms with van der Waals surface area (Å²) < 4.78 is 12.1. The molecule has 0 aliphatic rings. The SMILES string of the molecule is COc1ccccc1/C=N/n1c(-c2ccccc2OC)nc2ccccc2c1=O. The Bertz CT molecular complexity index is 1260. The number of hydrogen-bond donors (Lipinski definition) is 0. The molecule has 0 saturated heterocycles. The van der Waals surface area contributed by atoms with Crippen molar-refractivity contribution in [2.24, 2.45) is 5.10 Å². The molecule has 144 valence electrons. The average Bonchev–Trinajstić information content (AvgIpc) is 2.78. The summed E-state index contributed by atoms with van der Waals surface area (Å²) in [5, 5.41) is 4.96. The maximum atomic E-state index is 13.2. The zero-order chi connectivity index (χ0) is 20.2. The van der Waals surface area contributed by atoms with Crippen molar-refractivity contribution in [2.45, 2.75) is 0 Å². The molecule has 4 rings (SSSR count). The van der Waals surface area contributed by atoms with Crippen molar-refractivity contribution < 1.29 is 9.47 Å². The summed E-state index contributed by atoms with van der Waals surface area (Å²) in [4.78, 5) is 17.9. The quantitative estimate of drug-likeness (QED) is 0.488. The third-order valence-electron chi connectivity index (χ3n) is 4.55. The van der Waals surface area contributed by atoms with Gasteiger partial charge in [0.1, 0.15) is 11.5 Å². The number of para-hydroxylation sites is 3. The summed E-state index contributed by atoms with van der Waals surface area (Å²) >= 11 is 0. The molecule has 0 unspecified atom stereocenters. The molecule has 0 saturated carbocycles. The van der Waals surface area contributed by atoms with Crippen molar-refractivity contribution >= 4 is 17.1 Å². The van der Waals surface area contributed by atoms with Gasteiger partial charge in [-0.1, -0.05) is 36.4 Å². The van der Waals surface area contributed by atoms with Gasteiger partial charge in [0.05, 0.1) is 36.9 Å². The van der Waals surface area contributed by atoms with Crippen LogP contribution in [0, 0.1) is 0 Å². The van der Waals surface area contributed by atoms with Crippen molar-refractivity contribution in [3.8, 4) is 22.9 Å². The maximum absolute atomic E-state index is 13.2. The standard InChI is InChI=1S/C23H19N3O3/c1-28-20-13-7-3-9-16(20)15-24-26-22(18-11-5-8-14-21(18)29-2)25-19-12-6-4-10-17(19)23(26)27/h3-15H,1-2H3/b24-15+. The zero-order valence-corrected chi connectivity index (χ0v) is 16.1. The molecule has 0 N–H and O–H groups in total. The van der Waals surface area contributed by atoms with E-state index in [1.807, 2.05) is 66.7 Å². The molecule has 6 heteroatoms. The van der Waals surface area contributed by atoms with Gasteiger partial charge in [-0.05, 0) is 36.4 Å². The van der Waals surface area contributed by atoms with Gasteiger partial charge < -0.3 is 9.47 Å². The van der Waals surface area contributed by atoms with Crippen LogP contribution in [-0.4, -0.2) is 30.1 Å². The van der Waals surface area contributed by atoms with Crippen LogP contribution < -0.4 is 15.0 Å². The van der Waals surface area contributed by atoms with E-state index in [1.54, 1.807) is 26.5 Å². The van der Waals surface area contributed by atoms with E-state index in [-0.39, 0.29) is 5.56 Å². The molecule has 0 fully saturated rings. The molecular formula is C23H19N3O3. The minimum atomic E-state index is -0.261. The highest BCUT2D eigenvalue weighted by Gasteiger charge is 2.15. The molecule has 3 aromatic carbocycles. The Morgan fingerprint density at radius 1 is 0.862 bits per heavy atom. The number of nitrogens with zero attached hydrogens (tertiary/aromatic N) is 3. The minimum absolute atomic E-state index is 0.261. The number of hydrogen-bond acceptors (Lipinski definition) is 5. The van der Waals surface area contributed by atoms with Crippen LogP contribution >= 0.6 is 0 Å². The first-order chi connectivity index (χ1) is 14.2. The Morgan fingerprint density at radius 3 is 2.31 bits per heavy atom. The predicted molar refractivity (Wildman–Crippen MR) is 114 cm³/mol. The molecule has 0 spiro atoms. The molecule has 29 heavy (non-hydrogen) atoms. The lowest BCUT2D eigenvalue weighted by molar-refractivity contribution is 0.414. The van der Waals surface area contributed by atoms with Gasteiger partial charge in [-0.3, -0.25) is 4.79 Å². The number of rotatable bonds is 5. The fourth-order valence-electron chi connectivity index (χ4n) is 3.13. The van der Waals surface area contributed by atoms with Crippen LogP contribution in [0.1, 0.15) is 5.56 Å². The molecule has 0 aliphatic heterocycles. The highest BCUT2D eigenvalue weighted by atomic mass is 16.5. The largest absolute Gasteiger partial charge is 0.496 e. The van der Waals surface area contributed by atoms with E-state index in [1.165, 1.54) is 4.68 Å². The van der Waals surface area contributed by atoms with E-state index in [2.05, 4.69) is 5.10 Å². The van der Waals surface area contributed by atoms with Crippen LogP contribution in [0.5, 0.6) is 11.5 Å². The van der Waals surface area contributed by atoms with E-state index >= 15 is 0 Å². The molecule has 1 aromatic heterocycles. The Morgan fingerprint density at radius 2 is 1.52 bits per heavy atom. The van der Waals surface area contributed by atoms with Crippen LogP contribution in [0.2, 0.25) is 0 Å². The lowest BCUT2D eigenvalue weighted by Crippen LogP contribution is -2.20. The highest BCUT2D eigenvalue weighted by molar-refractivity contribution is 5.84. The van der Waals surface area contributed by atoms with Gasteiger partial charge >= 0.3 is 0 Å². The van der Waals surface area contributed by atoms with Gasteiger partial charge in [-0.25, -0.2) is 4.98 Å². The molecule has 0 atom stereocenters. The Labute approximate surface area is 167 Å². The Hall–Kier alpha value is -3.93. The summed E-state index contributed by atoms with van der Waals surface area (Å²) in [5.41, 5.74) is 1.76. The summed E-state index contributed by atoms with van der Waals surface area (Å²) in [6, 6.07) is 22.1. The number of methoxy groups -OCH3 is 2. The van der Waals surface area contributed by atoms with E-state index < -0.39 is 0 Å². The molecule has 0 aliphatic carbocycles. The monoisotopic (exact) mass is 385 g/mol.